The molecule has 0 N–H and O–H groups in total. The van der Waals surface area contributed by atoms with Gasteiger partial charge in [0.05, 0.1) is 18.8 Å². The average molecular weight is 335 g/mol. The number of benzene rings is 1. The number of carbonyl (C=O) groups excluding carboxylic acids is 1. The molecule has 0 spiro atoms. The van der Waals surface area contributed by atoms with Crippen LogP contribution in [0.3, 0.4) is 0 Å². The molecule has 25 heavy (non-hydrogen) atoms. The van der Waals surface area contributed by atoms with Crippen LogP contribution in [0.15, 0.2) is 61.3 Å². The molecule has 1 atom stereocenters. The van der Waals surface area contributed by atoms with E-state index < -0.39 is 0 Å². The van der Waals surface area contributed by atoms with Crippen molar-refractivity contribution in [1.29, 1.82) is 0 Å². The fraction of sp³-hybridized carbons (Fsp3) is 0.211. The first-order chi connectivity index (χ1) is 12.3. The Kier molecular flexibility index (Phi) is 4.16. The van der Waals surface area contributed by atoms with Crippen LogP contribution in [0.4, 0.5) is 0 Å². The highest BCUT2D eigenvalue weighted by atomic mass is 16.5. The summed E-state index contributed by atoms with van der Waals surface area (Å²) in [5, 5.41) is 0. The van der Waals surface area contributed by atoms with Crippen molar-refractivity contribution < 1.29 is 14.3 Å². The highest BCUT2D eigenvalue weighted by Crippen LogP contribution is 2.33. The number of hydrogen-bond acceptors (Lipinski definition) is 5. The van der Waals surface area contributed by atoms with Crippen LogP contribution in [-0.2, 0) is 4.74 Å². The second-order valence-corrected chi connectivity index (χ2v) is 5.84. The van der Waals surface area contributed by atoms with E-state index in [0.29, 0.717) is 24.6 Å². The number of pyridine rings is 1. The summed E-state index contributed by atoms with van der Waals surface area (Å²) in [7, 11) is 0. The van der Waals surface area contributed by atoms with Gasteiger partial charge in [-0.3, -0.25) is 4.57 Å². The number of imidazole rings is 1. The fourth-order valence-electron chi connectivity index (χ4n) is 2.93. The predicted octanol–water partition coefficient (Wildman–Crippen LogP) is 2.99. The monoisotopic (exact) mass is 335 g/mol. The van der Waals surface area contributed by atoms with E-state index >= 15 is 0 Å². The molecule has 0 unspecified atom stereocenters. The van der Waals surface area contributed by atoms with Crippen molar-refractivity contribution in [2.24, 2.45) is 0 Å². The number of fused-ring (bicyclic) bond motifs is 1. The minimum Gasteiger partial charge on any atom is -0.493 e. The molecule has 0 saturated heterocycles. The number of hydrogen-bond donors (Lipinski definition) is 0. The molecule has 0 bridgehead atoms. The van der Waals surface area contributed by atoms with Crippen LogP contribution in [0.25, 0.3) is 5.82 Å². The molecule has 0 fully saturated rings. The van der Waals surface area contributed by atoms with E-state index in [1.54, 1.807) is 41.6 Å². The predicted molar refractivity (Wildman–Crippen MR) is 90.9 cm³/mol. The molecular weight excluding hydrogens is 318 g/mol. The van der Waals surface area contributed by atoms with Gasteiger partial charge in [-0.05, 0) is 24.6 Å². The molecule has 6 heteroatoms. The van der Waals surface area contributed by atoms with Crippen molar-refractivity contribution in [1.82, 2.24) is 14.5 Å². The van der Waals surface area contributed by atoms with Gasteiger partial charge in [0.15, 0.2) is 0 Å². The number of aromatic nitrogens is 3. The minimum atomic E-state index is -0.354. The van der Waals surface area contributed by atoms with Gasteiger partial charge >= 0.3 is 5.97 Å². The molecule has 3 heterocycles. The Morgan fingerprint density at radius 1 is 1.28 bits per heavy atom. The van der Waals surface area contributed by atoms with E-state index in [9.17, 15) is 4.79 Å². The van der Waals surface area contributed by atoms with E-state index in [2.05, 4.69) is 9.97 Å². The molecule has 0 aliphatic carbocycles. The SMILES string of the molecule is O=C(OC[C@H]1CCOc2ccccc21)c1ccnc(-n2ccnc2)c1. The summed E-state index contributed by atoms with van der Waals surface area (Å²) < 4.78 is 12.9. The van der Waals surface area contributed by atoms with Crippen LogP contribution < -0.4 is 4.74 Å². The second kappa shape index (κ2) is 6.76. The molecule has 3 aromatic rings. The Balaban J connectivity index is 1.46. The third-order valence-electron chi connectivity index (χ3n) is 4.25. The first kappa shape index (κ1) is 15.4. The van der Waals surface area contributed by atoms with Crippen molar-refractivity contribution in [3.05, 3.63) is 72.4 Å². The highest BCUT2D eigenvalue weighted by molar-refractivity contribution is 5.89. The van der Waals surface area contributed by atoms with Gasteiger partial charge in [-0.2, -0.15) is 0 Å². The number of rotatable bonds is 4. The fourth-order valence-corrected chi connectivity index (χ4v) is 2.93. The second-order valence-electron chi connectivity index (χ2n) is 5.84. The van der Waals surface area contributed by atoms with Crippen molar-refractivity contribution >= 4 is 5.97 Å². The highest BCUT2D eigenvalue weighted by Gasteiger charge is 2.22. The van der Waals surface area contributed by atoms with Gasteiger partial charge < -0.3 is 9.47 Å². The van der Waals surface area contributed by atoms with Gasteiger partial charge in [-0.25, -0.2) is 14.8 Å². The van der Waals surface area contributed by atoms with Crippen LogP contribution >= 0.6 is 0 Å². The molecule has 4 rings (SSSR count). The summed E-state index contributed by atoms with van der Waals surface area (Å²) in [6.45, 7) is 0.973. The summed E-state index contributed by atoms with van der Waals surface area (Å²) in [6, 6.07) is 11.2. The van der Waals surface area contributed by atoms with E-state index in [0.717, 1.165) is 17.7 Å². The van der Waals surface area contributed by atoms with E-state index in [4.69, 9.17) is 9.47 Å². The molecule has 0 radical (unpaired) electrons. The quantitative estimate of drug-likeness (QED) is 0.686. The van der Waals surface area contributed by atoms with E-state index in [-0.39, 0.29) is 11.9 Å². The summed E-state index contributed by atoms with van der Waals surface area (Å²) in [5.41, 5.74) is 1.56. The van der Waals surface area contributed by atoms with Crippen LogP contribution in [0.5, 0.6) is 5.75 Å². The Morgan fingerprint density at radius 2 is 2.20 bits per heavy atom. The van der Waals surface area contributed by atoms with Crippen LogP contribution in [0.1, 0.15) is 28.3 Å². The lowest BCUT2D eigenvalue weighted by Crippen LogP contribution is -2.20. The van der Waals surface area contributed by atoms with Gasteiger partial charge in [0.2, 0.25) is 0 Å². The smallest absolute Gasteiger partial charge is 0.338 e. The maximum atomic E-state index is 12.4. The number of ether oxygens (including phenoxy) is 2. The molecule has 2 aromatic heterocycles. The Morgan fingerprint density at radius 3 is 3.08 bits per heavy atom. The molecule has 1 aromatic carbocycles. The summed E-state index contributed by atoms with van der Waals surface area (Å²) in [4.78, 5) is 20.6. The third-order valence-corrected chi connectivity index (χ3v) is 4.25. The summed E-state index contributed by atoms with van der Waals surface area (Å²) in [5.74, 6) is 1.31. The van der Waals surface area contributed by atoms with Crippen LogP contribution in [-0.4, -0.2) is 33.7 Å². The molecule has 1 aliphatic rings. The van der Waals surface area contributed by atoms with Gasteiger partial charge in [-0.1, -0.05) is 18.2 Å². The Labute approximate surface area is 145 Å². The van der Waals surface area contributed by atoms with Gasteiger partial charge in [0, 0.05) is 30.1 Å². The van der Waals surface area contributed by atoms with Gasteiger partial charge in [-0.15, -0.1) is 0 Å². The zero-order valence-electron chi connectivity index (χ0n) is 13.5. The number of nitrogens with zero attached hydrogens (tertiary/aromatic N) is 3. The van der Waals surface area contributed by atoms with Gasteiger partial charge in [0.1, 0.15) is 17.9 Å². The van der Waals surface area contributed by atoms with E-state index in [1.165, 1.54) is 0 Å². The van der Waals surface area contributed by atoms with Crippen molar-refractivity contribution in [3.63, 3.8) is 0 Å². The maximum absolute atomic E-state index is 12.4. The van der Waals surface area contributed by atoms with Crippen LogP contribution in [0, 0.1) is 0 Å². The largest absolute Gasteiger partial charge is 0.493 e. The molecular formula is C19H17N3O3. The Hall–Kier alpha value is -3.15. The molecule has 126 valence electrons. The molecule has 1 aliphatic heterocycles. The lowest BCUT2D eigenvalue weighted by molar-refractivity contribution is 0.0459. The van der Waals surface area contributed by atoms with Crippen molar-refractivity contribution in [2.45, 2.75) is 12.3 Å². The third kappa shape index (κ3) is 3.24. The first-order valence-corrected chi connectivity index (χ1v) is 8.14. The molecule has 0 amide bonds. The Bertz CT molecular complexity index is 877. The maximum Gasteiger partial charge on any atom is 0.338 e. The minimum absolute atomic E-state index is 0.156. The van der Waals surface area contributed by atoms with Crippen LogP contribution in [0.2, 0.25) is 0 Å². The standard InChI is InChI=1S/C19H17N3O3/c23-19(14-5-7-21-18(11-14)22-9-8-20-13-22)25-12-15-6-10-24-17-4-2-1-3-16(15)17/h1-5,7-9,11,13,15H,6,10,12H2/t15-/m1/s1. The number of para-hydroxylation sites is 1. The summed E-state index contributed by atoms with van der Waals surface area (Å²) >= 11 is 0. The first-order valence-electron chi connectivity index (χ1n) is 8.14. The van der Waals surface area contributed by atoms with Crippen molar-refractivity contribution in [2.75, 3.05) is 13.2 Å². The summed E-state index contributed by atoms with van der Waals surface area (Å²) in [6.07, 6.45) is 7.50. The van der Waals surface area contributed by atoms with Crippen molar-refractivity contribution in [3.8, 4) is 11.6 Å². The van der Waals surface area contributed by atoms with E-state index in [1.807, 2.05) is 24.3 Å². The average Bonchev–Trinajstić information content (AvgIpc) is 3.21. The number of carbonyl (C=O) groups is 1. The lowest BCUT2D eigenvalue weighted by atomic mass is 9.94. The zero-order valence-corrected chi connectivity index (χ0v) is 13.5. The molecule has 6 nitrogen and oxygen atoms in total. The topological polar surface area (TPSA) is 66.2 Å². The van der Waals surface area contributed by atoms with Gasteiger partial charge in [0.25, 0.3) is 0 Å². The molecule has 0 saturated carbocycles. The number of esters is 1. The lowest BCUT2D eigenvalue weighted by Gasteiger charge is -2.25. The zero-order chi connectivity index (χ0) is 17.1. The normalized spacial score (nSPS) is 15.9.